The minimum atomic E-state index is 0.689. The third-order valence-electron chi connectivity index (χ3n) is 3.73. The molecule has 0 atom stereocenters. The third kappa shape index (κ3) is 6.64. The summed E-state index contributed by atoms with van der Waals surface area (Å²) in [5.41, 5.74) is 2.67. The SMILES string of the molecule is C=C/C(N=C)=C(\C)SCN(CCCC(C)C)c1ccc(C#N)cc1. The first-order valence-electron chi connectivity index (χ1n) is 8.19. The van der Waals surface area contributed by atoms with Crippen molar-refractivity contribution in [2.24, 2.45) is 10.9 Å². The van der Waals surface area contributed by atoms with E-state index in [1.54, 1.807) is 17.8 Å². The van der Waals surface area contributed by atoms with Crippen LogP contribution in [0.4, 0.5) is 5.69 Å². The lowest BCUT2D eigenvalue weighted by molar-refractivity contribution is 0.555. The molecule has 0 aliphatic heterocycles. The summed E-state index contributed by atoms with van der Waals surface area (Å²) in [5.74, 6) is 1.54. The molecule has 0 N–H and O–H groups in total. The van der Waals surface area contributed by atoms with E-state index in [4.69, 9.17) is 5.26 Å². The molecule has 0 aromatic heterocycles. The van der Waals surface area contributed by atoms with E-state index in [0.717, 1.165) is 35.1 Å². The molecule has 3 nitrogen and oxygen atoms in total. The van der Waals surface area contributed by atoms with Crippen molar-refractivity contribution in [1.29, 1.82) is 5.26 Å². The summed E-state index contributed by atoms with van der Waals surface area (Å²) in [6, 6.07) is 9.96. The van der Waals surface area contributed by atoms with Gasteiger partial charge in [-0.2, -0.15) is 5.26 Å². The fraction of sp³-hybridized carbons (Fsp3) is 0.400. The zero-order valence-corrected chi connectivity index (χ0v) is 15.8. The zero-order chi connectivity index (χ0) is 17.9. The molecule has 0 saturated heterocycles. The molecule has 0 aliphatic rings. The van der Waals surface area contributed by atoms with Gasteiger partial charge in [-0.05, 0) is 62.7 Å². The number of rotatable bonds is 10. The molecule has 4 heteroatoms. The van der Waals surface area contributed by atoms with E-state index in [1.807, 2.05) is 31.2 Å². The molecule has 0 aliphatic carbocycles. The molecule has 0 amide bonds. The minimum Gasteiger partial charge on any atom is -0.362 e. The molecule has 1 aromatic rings. The van der Waals surface area contributed by atoms with Crippen LogP contribution in [0.2, 0.25) is 0 Å². The summed E-state index contributed by atoms with van der Waals surface area (Å²) in [6.45, 7) is 14.9. The van der Waals surface area contributed by atoms with Crippen molar-refractivity contribution >= 4 is 24.2 Å². The minimum absolute atomic E-state index is 0.689. The number of aliphatic imine (C=N–C) groups is 1. The zero-order valence-electron chi connectivity index (χ0n) is 15.0. The number of thioether (sulfide) groups is 1. The Kier molecular flexibility index (Phi) is 8.96. The first kappa shape index (κ1) is 20.1. The lowest BCUT2D eigenvalue weighted by Gasteiger charge is -2.25. The predicted molar refractivity (Wildman–Crippen MR) is 107 cm³/mol. The number of nitriles is 1. The highest BCUT2D eigenvalue weighted by molar-refractivity contribution is 8.03. The number of allylic oxidation sites excluding steroid dienone is 2. The fourth-order valence-corrected chi connectivity index (χ4v) is 3.20. The first-order chi connectivity index (χ1) is 11.5. The molecular weight excluding hydrogens is 314 g/mol. The number of anilines is 1. The molecule has 128 valence electrons. The summed E-state index contributed by atoms with van der Waals surface area (Å²) in [5, 5.41) is 8.96. The average molecular weight is 342 g/mol. The topological polar surface area (TPSA) is 39.4 Å². The standard InChI is InChI=1S/C20H27N3S/c1-6-20(22-5)17(4)24-15-23(13-7-8-16(2)3)19-11-9-18(14-21)10-12-19/h6,9-12,16H,1,5,7-8,13,15H2,2-4H3/b20-17-. The normalized spacial score (nSPS) is 11.6. The molecule has 0 heterocycles. The lowest BCUT2D eigenvalue weighted by atomic mass is 10.1. The van der Waals surface area contributed by atoms with Gasteiger partial charge in [-0.25, -0.2) is 0 Å². The highest BCUT2D eigenvalue weighted by Crippen LogP contribution is 2.25. The highest BCUT2D eigenvalue weighted by atomic mass is 32.2. The Labute approximate surface area is 150 Å². The third-order valence-corrected chi connectivity index (χ3v) is 4.82. The van der Waals surface area contributed by atoms with Gasteiger partial charge in [0.05, 0.1) is 23.2 Å². The molecule has 1 aromatic carbocycles. The van der Waals surface area contributed by atoms with Gasteiger partial charge in [0.25, 0.3) is 0 Å². The van der Waals surface area contributed by atoms with Gasteiger partial charge in [0.2, 0.25) is 0 Å². The maximum Gasteiger partial charge on any atom is 0.0991 e. The average Bonchev–Trinajstić information content (AvgIpc) is 2.58. The van der Waals surface area contributed by atoms with Crippen LogP contribution in [0.5, 0.6) is 0 Å². The number of nitrogens with zero attached hydrogens (tertiary/aromatic N) is 3. The Morgan fingerprint density at radius 1 is 1.38 bits per heavy atom. The summed E-state index contributed by atoms with van der Waals surface area (Å²) >= 11 is 1.74. The molecule has 1 rings (SSSR count). The van der Waals surface area contributed by atoms with Crippen LogP contribution >= 0.6 is 11.8 Å². The summed E-state index contributed by atoms with van der Waals surface area (Å²) in [6.07, 6.45) is 4.09. The van der Waals surface area contributed by atoms with Crippen LogP contribution in [-0.4, -0.2) is 19.1 Å². The number of benzene rings is 1. The van der Waals surface area contributed by atoms with E-state index < -0.39 is 0 Å². The van der Waals surface area contributed by atoms with Crippen molar-refractivity contribution in [2.45, 2.75) is 33.6 Å². The second kappa shape index (κ2) is 10.7. The summed E-state index contributed by atoms with van der Waals surface area (Å²) in [7, 11) is 0. The van der Waals surface area contributed by atoms with Crippen molar-refractivity contribution < 1.29 is 0 Å². The van der Waals surface area contributed by atoms with Gasteiger partial charge in [-0.15, -0.1) is 11.8 Å². The molecule has 0 saturated carbocycles. The smallest absolute Gasteiger partial charge is 0.0991 e. The van der Waals surface area contributed by atoms with Crippen LogP contribution in [0, 0.1) is 17.2 Å². The van der Waals surface area contributed by atoms with Crippen molar-refractivity contribution in [3.05, 3.63) is 53.1 Å². The fourth-order valence-electron chi connectivity index (χ4n) is 2.27. The van der Waals surface area contributed by atoms with Gasteiger partial charge in [0.1, 0.15) is 0 Å². The van der Waals surface area contributed by atoms with Crippen LogP contribution in [0.1, 0.15) is 39.2 Å². The van der Waals surface area contributed by atoms with Crippen LogP contribution < -0.4 is 4.90 Å². The molecule has 0 fully saturated rings. The maximum atomic E-state index is 8.96. The molecule has 0 radical (unpaired) electrons. The largest absolute Gasteiger partial charge is 0.362 e. The van der Waals surface area contributed by atoms with E-state index in [1.165, 1.54) is 6.42 Å². The van der Waals surface area contributed by atoms with Gasteiger partial charge in [-0.3, -0.25) is 4.99 Å². The monoisotopic (exact) mass is 341 g/mol. The van der Waals surface area contributed by atoms with Gasteiger partial charge in [0.15, 0.2) is 0 Å². The Morgan fingerprint density at radius 2 is 2.04 bits per heavy atom. The van der Waals surface area contributed by atoms with E-state index in [-0.39, 0.29) is 0 Å². The molecule has 24 heavy (non-hydrogen) atoms. The van der Waals surface area contributed by atoms with Crippen molar-refractivity contribution in [3.8, 4) is 6.07 Å². The van der Waals surface area contributed by atoms with E-state index in [9.17, 15) is 0 Å². The lowest BCUT2D eigenvalue weighted by Crippen LogP contribution is -2.24. The molecule has 0 unspecified atom stereocenters. The van der Waals surface area contributed by atoms with E-state index in [2.05, 4.69) is 43.1 Å². The van der Waals surface area contributed by atoms with Crippen LogP contribution in [-0.2, 0) is 0 Å². The first-order valence-corrected chi connectivity index (χ1v) is 9.18. The van der Waals surface area contributed by atoms with Crippen molar-refractivity contribution in [1.82, 2.24) is 0 Å². The van der Waals surface area contributed by atoms with Crippen LogP contribution in [0.3, 0.4) is 0 Å². The van der Waals surface area contributed by atoms with Crippen molar-refractivity contribution in [2.75, 3.05) is 17.3 Å². The van der Waals surface area contributed by atoms with E-state index in [0.29, 0.717) is 11.5 Å². The summed E-state index contributed by atoms with van der Waals surface area (Å²) < 4.78 is 0. The predicted octanol–water partition coefficient (Wildman–Crippen LogP) is 5.61. The Bertz CT molecular complexity index is 599. The van der Waals surface area contributed by atoms with Gasteiger partial charge >= 0.3 is 0 Å². The highest BCUT2D eigenvalue weighted by Gasteiger charge is 2.09. The maximum absolute atomic E-state index is 8.96. The van der Waals surface area contributed by atoms with Crippen LogP contribution in [0.15, 0.2) is 52.5 Å². The van der Waals surface area contributed by atoms with Gasteiger partial charge < -0.3 is 4.90 Å². The van der Waals surface area contributed by atoms with Gasteiger partial charge in [0, 0.05) is 17.1 Å². The molecule has 0 bridgehead atoms. The second-order valence-electron chi connectivity index (χ2n) is 6.04. The van der Waals surface area contributed by atoms with Gasteiger partial charge in [-0.1, -0.05) is 20.4 Å². The molecule has 0 spiro atoms. The number of hydrogen-bond acceptors (Lipinski definition) is 4. The molecular formula is C20H27N3S. The Morgan fingerprint density at radius 3 is 2.54 bits per heavy atom. The second-order valence-corrected chi connectivity index (χ2v) is 7.19. The Balaban J connectivity index is 2.84. The summed E-state index contributed by atoms with van der Waals surface area (Å²) in [4.78, 5) is 7.46. The van der Waals surface area contributed by atoms with E-state index >= 15 is 0 Å². The quantitative estimate of drug-likeness (QED) is 0.315. The number of hydrogen-bond donors (Lipinski definition) is 0. The van der Waals surface area contributed by atoms with Crippen molar-refractivity contribution in [3.63, 3.8) is 0 Å². The Hall–Kier alpha value is -1.99. The van der Waals surface area contributed by atoms with Crippen LogP contribution in [0.25, 0.3) is 0 Å².